The van der Waals surface area contributed by atoms with E-state index in [4.69, 9.17) is 0 Å². The zero-order valence-corrected chi connectivity index (χ0v) is 10.6. The fourth-order valence-electron chi connectivity index (χ4n) is 2.16. The number of quaternary nitrogens is 1. The smallest absolute Gasteiger partial charge is 0.305 e. The maximum Gasteiger partial charge on any atom is 0.305 e. The molecule has 0 unspecified atom stereocenters. The Balaban J connectivity index is 2.22. The van der Waals surface area contributed by atoms with Gasteiger partial charge < -0.3 is 10.5 Å². The highest BCUT2D eigenvalue weighted by Gasteiger charge is 2.14. The molecule has 0 aliphatic heterocycles. The molecule has 0 saturated carbocycles. The molecule has 3 heteroatoms. The van der Waals surface area contributed by atoms with Gasteiger partial charge in [-0.3, -0.25) is 4.79 Å². The number of methoxy groups -OCH3 is 1. The van der Waals surface area contributed by atoms with Gasteiger partial charge in [0.15, 0.2) is 0 Å². The van der Waals surface area contributed by atoms with E-state index >= 15 is 0 Å². The maximum atomic E-state index is 11.2. The van der Waals surface area contributed by atoms with Gasteiger partial charge in [-0.1, -0.05) is 42.5 Å². The Morgan fingerprint density at radius 2 is 1.94 bits per heavy atom. The van der Waals surface area contributed by atoms with Crippen LogP contribution in [0.15, 0.2) is 42.5 Å². The number of hydrogen-bond donors (Lipinski definition) is 1. The summed E-state index contributed by atoms with van der Waals surface area (Å²) in [6.45, 7) is 0. The molecule has 0 amide bonds. The first-order valence-electron chi connectivity index (χ1n) is 6.10. The van der Waals surface area contributed by atoms with E-state index in [1.807, 2.05) is 18.2 Å². The van der Waals surface area contributed by atoms with Crippen molar-refractivity contribution < 1.29 is 15.3 Å². The number of benzene rings is 2. The number of hydrogen-bond acceptors (Lipinski definition) is 2. The molecule has 2 rings (SSSR count). The van der Waals surface area contributed by atoms with Crippen LogP contribution in [0.1, 0.15) is 24.4 Å². The standard InChI is InChI=1S/C15H17NO2/c1-18-15(17)10-9-14(16)13-8-4-6-11-5-2-3-7-12(11)13/h2-8,14H,9-10,16H2,1H3/p+1/t14-/m0/s1. The molecule has 0 fully saturated rings. The van der Waals surface area contributed by atoms with Crippen LogP contribution in [-0.2, 0) is 9.53 Å². The molecule has 0 bridgehead atoms. The summed E-state index contributed by atoms with van der Waals surface area (Å²) >= 11 is 0. The molecule has 18 heavy (non-hydrogen) atoms. The number of fused-ring (bicyclic) bond motifs is 1. The predicted molar refractivity (Wildman–Crippen MR) is 70.8 cm³/mol. The van der Waals surface area contributed by atoms with Crippen LogP contribution in [0.5, 0.6) is 0 Å². The summed E-state index contributed by atoms with van der Waals surface area (Å²) in [6.07, 6.45) is 1.12. The lowest BCUT2D eigenvalue weighted by Crippen LogP contribution is -2.53. The molecular weight excluding hydrogens is 226 g/mol. The van der Waals surface area contributed by atoms with Crippen molar-refractivity contribution in [2.45, 2.75) is 18.9 Å². The fraction of sp³-hybridized carbons (Fsp3) is 0.267. The minimum Gasteiger partial charge on any atom is -0.469 e. The molecular formula is C15H18NO2+. The van der Waals surface area contributed by atoms with Gasteiger partial charge in [0.2, 0.25) is 0 Å². The predicted octanol–water partition coefficient (Wildman–Crippen LogP) is 2.08. The Bertz CT molecular complexity index is 546. The van der Waals surface area contributed by atoms with Gasteiger partial charge in [-0.2, -0.15) is 0 Å². The summed E-state index contributed by atoms with van der Waals surface area (Å²) in [6, 6.07) is 14.6. The summed E-state index contributed by atoms with van der Waals surface area (Å²) in [5.41, 5.74) is 5.35. The summed E-state index contributed by atoms with van der Waals surface area (Å²) in [5.74, 6) is -0.177. The summed E-state index contributed by atoms with van der Waals surface area (Å²) in [5, 5.41) is 2.42. The maximum absolute atomic E-state index is 11.2. The van der Waals surface area contributed by atoms with Crippen molar-refractivity contribution in [1.29, 1.82) is 0 Å². The van der Waals surface area contributed by atoms with Crippen molar-refractivity contribution in [3.05, 3.63) is 48.0 Å². The van der Waals surface area contributed by atoms with Crippen molar-refractivity contribution >= 4 is 16.7 Å². The van der Waals surface area contributed by atoms with E-state index in [0.29, 0.717) is 12.8 Å². The topological polar surface area (TPSA) is 53.9 Å². The van der Waals surface area contributed by atoms with E-state index < -0.39 is 0 Å². The second-order valence-corrected chi connectivity index (χ2v) is 4.38. The van der Waals surface area contributed by atoms with Crippen LogP contribution in [0.4, 0.5) is 0 Å². The summed E-state index contributed by atoms with van der Waals surface area (Å²) in [7, 11) is 1.42. The van der Waals surface area contributed by atoms with Crippen LogP contribution in [0.25, 0.3) is 10.8 Å². The third kappa shape index (κ3) is 2.68. The van der Waals surface area contributed by atoms with Crippen molar-refractivity contribution in [2.75, 3.05) is 7.11 Å². The number of esters is 1. The molecule has 0 spiro atoms. The first kappa shape index (κ1) is 12.6. The van der Waals surface area contributed by atoms with Crippen molar-refractivity contribution in [1.82, 2.24) is 0 Å². The van der Waals surface area contributed by atoms with E-state index in [9.17, 15) is 4.79 Å². The molecule has 3 N–H and O–H groups in total. The largest absolute Gasteiger partial charge is 0.469 e. The Labute approximate surface area is 107 Å². The minimum absolute atomic E-state index is 0.107. The third-order valence-corrected chi connectivity index (χ3v) is 3.19. The van der Waals surface area contributed by atoms with Gasteiger partial charge in [-0.25, -0.2) is 0 Å². The number of carbonyl (C=O) groups is 1. The molecule has 0 aliphatic rings. The summed E-state index contributed by atoms with van der Waals surface area (Å²) < 4.78 is 4.66. The van der Waals surface area contributed by atoms with Gasteiger partial charge in [0.1, 0.15) is 6.04 Å². The molecule has 94 valence electrons. The quantitative estimate of drug-likeness (QED) is 0.837. The molecule has 0 aliphatic carbocycles. The normalized spacial score (nSPS) is 12.3. The van der Waals surface area contributed by atoms with Gasteiger partial charge in [0.25, 0.3) is 0 Å². The highest BCUT2D eigenvalue weighted by atomic mass is 16.5. The Kier molecular flexibility index (Phi) is 3.95. The van der Waals surface area contributed by atoms with Crippen LogP contribution in [0, 0.1) is 0 Å². The van der Waals surface area contributed by atoms with Crippen molar-refractivity contribution in [3.8, 4) is 0 Å². The number of carbonyl (C=O) groups excluding carboxylic acids is 1. The Hall–Kier alpha value is -1.87. The first-order valence-corrected chi connectivity index (χ1v) is 6.10. The molecule has 2 aromatic rings. The van der Waals surface area contributed by atoms with Gasteiger partial charge >= 0.3 is 5.97 Å². The lowest BCUT2D eigenvalue weighted by atomic mass is 9.96. The Morgan fingerprint density at radius 3 is 2.72 bits per heavy atom. The molecule has 0 saturated heterocycles. The monoisotopic (exact) mass is 244 g/mol. The van der Waals surface area contributed by atoms with Crippen molar-refractivity contribution in [3.63, 3.8) is 0 Å². The fourth-order valence-corrected chi connectivity index (χ4v) is 2.16. The third-order valence-electron chi connectivity index (χ3n) is 3.19. The lowest BCUT2D eigenvalue weighted by molar-refractivity contribution is -0.427. The Morgan fingerprint density at radius 1 is 1.22 bits per heavy atom. The zero-order chi connectivity index (χ0) is 13.0. The summed E-state index contributed by atoms with van der Waals surface area (Å²) in [4.78, 5) is 11.2. The van der Waals surface area contributed by atoms with Gasteiger partial charge in [0, 0.05) is 12.0 Å². The molecule has 1 atom stereocenters. The molecule has 0 radical (unpaired) electrons. The zero-order valence-electron chi connectivity index (χ0n) is 10.6. The molecule has 0 aromatic heterocycles. The second kappa shape index (κ2) is 5.65. The van der Waals surface area contributed by atoms with E-state index in [2.05, 4.69) is 34.7 Å². The first-order chi connectivity index (χ1) is 8.72. The van der Waals surface area contributed by atoms with E-state index in [1.165, 1.54) is 23.4 Å². The lowest BCUT2D eigenvalue weighted by Gasteiger charge is -2.11. The minimum atomic E-state index is -0.177. The van der Waals surface area contributed by atoms with E-state index in [0.717, 1.165) is 0 Å². The number of ether oxygens (including phenoxy) is 1. The van der Waals surface area contributed by atoms with Crippen LogP contribution < -0.4 is 5.73 Å². The second-order valence-electron chi connectivity index (χ2n) is 4.38. The van der Waals surface area contributed by atoms with Crippen LogP contribution in [0.2, 0.25) is 0 Å². The van der Waals surface area contributed by atoms with Gasteiger partial charge in [-0.15, -0.1) is 0 Å². The highest BCUT2D eigenvalue weighted by molar-refractivity contribution is 5.86. The molecule has 0 heterocycles. The van der Waals surface area contributed by atoms with Gasteiger partial charge in [-0.05, 0) is 10.8 Å². The average Bonchev–Trinajstić information content (AvgIpc) is 2.43. The van der Waals surface area contributed by atoms with Crippen LogP contribution in [-0.4, -0.2) is 13.1 Å². The van der Waals surface area contributed by atoms with Crippen LogP contribution >= 0.6 is 0 Å². The van der Waals surface area contributed by atoms with E-state index in [1.54, 1.807) is 0 Å². The van der Waals surface area contributed by atoms with E-state index in [-0.39, 0.29) is 12.0 Å². The number of rotatable bonds is 4. The average molecular weight is 244 g/mol. The SMILES string of the molecule is COC(=O)CC[C@H]([NH3+])c1cccc2ccccc12. The van der Waals surface area contributed by atoms with Gasteiger partial charge in [0.05, 0.1) is 13.5 Å². The highest BCUT2D eigenvalue weighted by Crippen LogP contribution is 2.24. The van der Waals surface area contributed by atoms with Crippen molar-refractivity contribution in [2.24, 2.45) is 0 Å². The molecule has 2 aromatic carbocycles. The van der Waals surface area contributed by atoms with Crippen LogP contribution in [0.3, 0.4) is 0 Å². The molecule has 3 nitrogen and oxygen atoms in total.